The first-order valence-electron chi connectivity index (χ1n) is 11.1. The molecule has 4 rings (SSSR count). The summed E-state index contributed by atoms with van der Waals surface area (Å²) in [6.45, 7) is 12.1. The topological polar surface area (TPSA) is 36.0 Å². The highest BCUT2D eigenvalue weighted by Crippen LogP contribution is 2.26. The molecule has 3 aliphatic rings. The van der Waals surface area contributed by atoms with Gasteiger partial charge in [0.15, 0.2) is 0 Å². The minimum absolute atomic E-state index is 0.145. The molecular weight excluding hydrogens is 350 g/mol. The summed E-state index contributed by atoms with van der Waals surface area (Å²) in [4.78, 5) is 19.7. The molecule has 0 N–H and O–H groups in total. The highest BCUT2D eigenvalue weighted by atomic mass is 16.5. The van der Waals surface area contributed by atoms with Crippen molar-refractivity contribution in [1.82, 2.24) is 14.7 Å². The first-order valence-corrected chi connectivity index (χ1v) is 11.1. The van der Waals surface area contributed by atoms with E-state index in [1.165, 1.54) is 32.5 Å². The number of carbonyl (C=O) groups is 1. The number of rotatable bonds is 6. The maximum Gasteiger partial charge on any atom is 0.253 e. The smallest absolute Gasteiger partial charge is 0.253 e. The van der Waals surface area contributed by atoms with Crippen LogP contribution in [0.5, 0.6) is 5.75 Å². The predicted molar refractivity (Wildman–Crippen MR) is 112 cm³/mol. The largest absolute Gasteiger partial charge is 0.488 e. The van der Waals surface area contributed by atoms with Crippen LogP contribution < -0.4 is 4.74 Å². The number of nitrogens with zero attached hydrogens (tertiary/aromatic N) is 3. The molecule has 0 atom stereocenters. The maximum absolute atomic E-state index is 12.6. The molecule has 3 saturated heterocycles. The second-order valence-corrected chi connectivity index (χ2v) is 9.15. The van der Waals surface area contributed by atoms with E-state index < -0.39 is 0 Å². The molecule has 0 aromatic heterocycles. The zero-order valence-corrected chi connectivity index (χ0v) is 17.5. The number of likely N-dealkylation sites (tertiary alicyclic amines) is 3. The van der Waals surface area contributed by atoms with Crippen molar-refractivity contribution in [3.05, 3.63) is 29.8 Å². The third-order valence-electron chi connectivity index (χ3n) is 6.35. The van der Waals surface area contributed by atoms with Gasteiger partial charge in [0.05, 0.1) is 0 Å². The quantitative estimate of drug-likeness (QED) is 0.754. The Balaban J connectivity index is 1.23. The molecule has 0 unspecified atom stereocenters. The van der Waals surface area contributed by atoms with Gasteiger partial charge in [-0.15, -0.1) is 0 Å². The van der Waals surface area contributed by atoms with E-state index in [2.05, 4.69) is 23.6 Å². The number of hydrogen-bond donors (Lipinski definition) is 0. The Hall–Kier alpha value is -1.59. The van der Waals surface area contributed by atoms with Gasteiger partial charge in [0, 0.05) is 44.3 Å². The van der Waals surface area contributed by atoms with Crippen molar-refractivity contribution in [2.45, 2.75) is 51.7 Å². The summed E-state index contributed by atoms with van der Waals surface area (Å²) in [7, 11) is 0. The molecule has 3 aliphatic heterocycles. The Morgan fingerprint density at radius 3 is 2.50 bits per heavy atom. The van der Waals surface area contributed by atoms with Crippen molar-refractivity contribution < 1.29 is 9.53 Å². The van der Waals surface area contributed by atoms with Crippen LogP contribution in [0.25, 0.3) is 0 Å². The highest BCUT2D eigenvalue weighted by Gasteiger charge is 2.35. The standard InChI is InChI=1S/C23H35N3O2/c1-18(2)15-24-12-8-20(9-13-24)26-16-22(17-26)28-21-7-5-6-19(14-21)23(27)25-10-3-4-11-25/h5-7,14,18,20,22H,3-4,8-13,15-17H2,1-2H3. The number of ether oxygens (including phenoxy) is 1. The minimum atomic E-state index is 0.145. The summed E-state index contributed by atoms with van der Waals surface area (Å²) < 4.78 is 6.18. The molecule has 0 bridgehead atoms. The van der Waals surface area contributed by atoms with Crippen LogP contribution >= 0.6 is 0 Å². The van der Waals surface area contributed by atoms with Gasteiger partial charge in [-0.2, -0.15) is 0 Å². The Labute approximate surface area is 169 Å². The highest BCUT2D eigenvalue weighted by molar-refractivity contribution is 5.94. The van der Waals surface area contributed by atoms with Crippen molar-refractivity contribution in [3.63, 3.8) is 0 Å². The molecule has 5 heteroatoms. The van der Waals surface area contributed by atoms with Crippen LogP contribution in [0.1, 0.15) is 49.9 Å². The normalized spacial score (nSPS) is 22.6. The number of amides is 1. The maximum atomic E-state index is 12.6. The molecular formula is C23H35N3O2. The van der Waals surface area contributed by atoms with Crippen LogP contribution in [-0.4, -0.2) is 78.6 Å². The number of carbonyl (C=O) groups excluding carboxylic acids is 1. The fourth-order valence-corrected chi connectivity index (χ4v) is 4.82. The van der Waals surface area contributed by atoms with E-state index in [0.29, 0.717) is 6.04 Å². The van der Waals surface area contributed by atoms with E-state index >= 15 is 0 Å². The summed E-state index contributed by atoms with van der Waals surface area (Å²) >= 11 is 0. The first-order chi connectivity index (χ1) is 13.6. The second-order valence-electron chi connectivity index (χ2n) is 9.15. The molecule has 154 valence electrons. The van der Waals surface area contributed by atoms with Crippen LogP contribution in [0.2, 0.25) is 0 Å². The lowest BCUT2D eigenvalue weighted by Gasteiger charge is -2.47. The number of piperidine rings is 1. The van der Waals surface area contributed by atoms with Gasteiger partial charge in [0.2, 0.25) is 0 Å². The predicted octanol–water partition coefficient (Wildman–Crippen LogP) is 3.11. The van der Waals surface area contributed by atoms with E-state index in [-0.39, 0.29) is 12.0 Å². The van der Waals surface area contributed by atoms with Crippen LogP contribution in [0.4, 0.5) is 0 Å². The van der Waals surface area contributed by atoms with Crippen molar-refractivity contribution in [2.75, 3.05) is 45.8 Å². The third-order valence-corrected chi connectivity index (χ3v) is 6.35. The third kappa shape index (κ3) is 4.69. The monoisotopic (exact) mass is 385 g/mol. The van der Waals surface area contributed by atoms with Crippen molar-refractivity contribution in [2.24, 2.45) is 5.92 Å². The van der Waals surface area contributed by atoms with Gasteiger partial charge in [0.25, 0.3) is 5.91 Å². The van der Waals surface area contributed by atoms with Crippen LogP contribution in [-0.2, 0) is 0 Å². The number of benzene rings is 1. The zero-order chi connectivity index (χ0) is 19.5. The summed E-state index contributed by atoms with van der Waals surface area (Å²) in [6.07, 6.45) is 5.05. The molecule has 1 aromatic carbocycles. The lowest BCUT2D eigenvalue weighted by Crippen LogP contribution is -2.59. The van der Waals surface area contributed by atoms with Crippen molar-refractivity contribution >= 4 is 5.91 Å². The molecule has 0 aliphatic carbocycles. The average Bonchev–Trinajstić information content (AvgIpc) is 3.19. The lowest BCUT2D eigenvalue weighted by atomic mass is 9.98. The van der Waals surface area contributed by atoms with Crippen LogP contribution in [0.15, 0.2) is 24.3 Å². The molecule has 0 spiro atoms. The van der Waals surface area contributed by atoms with E-state index in [4.69, 9.17) is 4.74 Å². The van der Waals surface area contributed by atoms with Crippen molar-refractivity contribution in [3.8, 4) is 5.75 Å². The SMILES string of the molecule is CC(C)CN1CCC(N2CC(Oc3cccc(C(=O)N4CCCC4)c3)C2)CC1. The lowest BCUT2D eigenvalue weighted by molar-refractivity contribution is -0.0272. The molecule has 0 radical (unpaired) electrons. The average molecular weight is 386 g/mol. The molecule has 28 heavy (non-hydrogen) atoms. The summed E-state index contributed by atoms with van der Waals surface area (Å²) in [5.41, 5.74) is 0.758. The van der Waals surface area contributed by atoms with Gasteiger partial charge in [-0.3, -0.25) is 9.69 Å². The molecule has 3 heterocycles. The van der Waals surface area contributed by atoms with E-state index in [9.17, 15) is 4.79 Å². The fraction of sp³-hybridized carbons (Fsp3) is 0.696. The van der Waals surface area contributed by atoms with Gasteiger partial charge in [-0.25, -0.2) is 0 Å². The molecule has 0 saturated carbocycles. The van der Waals surface area contributed by atoms with Crippen molar-refractivity contribution in [1.29, 1.82) is 0 Å². The van der Waals surface area contributed by atoms with Crippen LogP contribution in [0, 0.1) is 5.92 Å². The Bertz CT molecular complexity index is 658. The van der Waals surface area contributed by atoms with Gasteiger partial charge < -0.3 is 14.5 Å². The number of hydrogen-bond acceptors (Lipinski definition) is 4. The Morgan fingerprint density at radius 1 is 1.11 bits per heavy atom. The molecule has 1 amide bonds. The van der Waals surface area contributed by atoms with Gasteiger partial charge >= 0.3 is 0 Å². The molecule has 3 fully saturated rings. The van der Waals surface area contributed by atoms with E-state index in [1.54, 1.807) is 0 Å². The Kier molecular flexibility index (Phi) is 6.22. The summed E-state index contributed by atoms with van der Waals surface area (Å²) in [5.74, 6) is 1.74. The summed E-state index contributed by atoms with van der Waals surface area (Å²) in [5, 5.41) is 0. The summed E-state index contributed by atoms with van der Waals surface area (Å²) in [6, 6.07) is 8.47. The first kappa shape index (κ1) is 19.7. The minimum Gasteiger partial charge on any atom is -0.488 e. The van der Waals surface area contributed by atoms with Crippen LogP contribution in [0.3, 0.4) is 0 Å². The second kappa shape index (κ2) is 8.83. The van der Waals surface area contributed by atoms with E-state index in [1.807, 2.05) is 29.2 Å². The Morgan fingerprint density at radius 2 is 1.82 bits per heavy atom. The van der Waals surface area contributed by atoms with E-state index in [0.717, 1.165) is 56.3 Å². The zero-order valence-electron chi connectivity index (χ0n) is 17.5. The molecule has 1 aromatic rings. The fourth-order valence-electron chi connectivity index (χ4n) is 4.82. The molecule has 5 nitrogen and oxygen atoms in total. The van der Waals surface area contributed by atoms with Gasteiger partial charge in [-0.1, -0.05) is 19.9 Å². The van der Waals surface area contributed by atoms with Gasteiger partial charge in [-0.05, 0) is 62.9 Å². The van der Waals surface area contributed by atoms with Gasteiger partial charge in [0.1, 0.15) is 11.9 Å².